The highest BCUT2D eigenvalue weighted by Gasteiger charge is 2.18. The Morgan fingerprint density at radius 1 is 1.04 bits per heavy atom. The zero-order valence-electron chi connectivity index (χ0n) is 17.6. The average Bonchev–Trinajstić information content (AvgIpc) is 2.70. The number of hydrogen-bond acceptors (Lipinski definition) is 4. The molecule has 0 heterocycles. The van der Waals surface area contributed by atoms with Crippen LogP contribution in [0.2, 0.25) is 0 Å². The molecule has 1 unspecified atom stereocenters. The van der Waals surface area contributed by atoms with E-state index in [2.05, 4.69) is 19.2 Å². The largest absolute Gasteiger partial charge is 0.493 e. The Labute approximate surface area is 168 Å². The molecule has 0 saturated heterocycles. The third-order valence-electron chi connectivity index (χ3n) is 4.58. The highest BCUT2D eigenvalue weighted by molar-refractivity contribution is 5.81. The molecule has 5 nitrogen and oxygen atoms in total. The molecule has 0 aliphatic heterocycles. The lowest BCUT2D eigenvalue weighted by Gasteiger charge is -2.24. The summed E-state index contributed by atoms with van der Waals surface area (Å²) in [6.07, 6.45) is 0. The summed E-state index contributed by atoms with van der Waals surface area (Å²) >= 11 is 0. The quantitative estimate of drug-likeness (QED) is 0.676. The van der Waals surface area contributed by atoms with E-state index >= 15 is 0 Å². The number of amides is 1. The van der Waals surface area contributed by atoms with Crippen LogP contribution in [-0.2, 0) is 17.9 Å². The molecule has 0 radical (unpaired) electrons. The molecule has 0 aromatic heterocycles. The van der Waals surface area contributed by atoms with Crippen LogP contribution in [-0.4, -0.2) is 37.6 Å². The first kappa shape index (κ1) is 21.8. The molecule has 5 heteroatoms. The van der Waals surface area contributed by atoms with Gasteiger partial charge in [0, 0.05) is 13.1 Å². The number of carbonyl (C=O) groups is 1. The molecule has 2 aromatic rings. The Hall–Kier alpha value is -2.53. The Kier molecular flexibility index (Phi) is 8.33. The highest BCUT2D eigenvalue weighted by atomic mass is 16.5. The van der Waals surface area contributed by atoms with E-state index in [1.807, 2.05) is 67.4 Å². The van der Waals surface area contributed by atoms with E-state index < -0.39 is 0 Å². The number of likely N-dealkylation sites (N-methyl/N-ethyl adjacent to an activating group) is 1. The first-order valence-electron chi connectivity index (χ1n) is 9.72. The zero-order valence-corrected chi connectivity index (χ0v) is 17.6. The first-order chi connectivity index (χ1) is 13.4. The van der Waals surface area contributed by atoms with Gasteiger partial charge in [0.1, 0.15) is 0 Å². The molecular weight excluding hydrogens is 352 g/mol. The van der Waals surface area contributed by atoms with Gasteiger partial charge >= 0.3 is 0 Å². The van der Waals surface area contributed by atoms with Crippen molar-refractivity contribution in [1.29, 1.82) is 0 Å². The lowest BCUT2D eigenvalue weighted by molar-refractivity contribution is -0.125. The Balaban J connectivity index is 1.95. The van der Waals surface area contributed by atoms with Gasteiger partial charge in [-0.1, -0.05) is 50.2 Å². The standard InChI is InChI=1S/C23H32N2O3/c1-17(2)16-28-22-13-20(11-12-21(22)27-5)15-25(4)18(3)23(26)24-14-19-9-7-6-8-10-19/h6-13,17-18H,14-16H2,1-5H3,(H,24,26). The number of rotatable bonds is 10. The highest BCUT2D eigenvalue weighted by Crippen LogP contribution is 2.29. The van der Waals surface area contributed by atoms with Crippen molar-refractivity contribution < 1.29 is 14.3 Å². The van der Waals surface area contributed by atoms with Crippen molar-refractivity contribution in [3.63, 3.8) is 0 Å². The molecule has 0 saturated carbocycles. The van der Waals surface area contributed by atoms with Gasteiger partial charge in [-0.3, -0.25) is 9.69 Å². The average molecular weight is 385 g/mol. The number of benzene rings is 2. The van der Waals surface area contributed by atoms with Crippen LogP contribution in [0.1, 0.15) is 31.9 Å². The predicted octanol–water partition coefficient (Wildman–Crippen LogP) is 3.87. The normalized spacial score (nSPS) is 12.1. The van der Waals surface area contributed by atoms with Crippen LogP contribution in [0.3, 0.4) is 0 Å². The Morgan fingerprint density at radius 3 is 2.39 bits per heavy atom. The van der Waals surface area contributed by atoms with Crippen LogP contribution in [0.5, 0.6) is 11.5 Å². The Bertz CT molecular complexity index is 747. The van der Waals surface area contributed by atoms with Crippen LogP contribution < -0.4 is 14.8 Å². The second kappa shape index (κ2) is 10.7. The summed E-state index contributed by atoms with van der Waals surface area (Å²) in [4.78, 5) is 14.5. The van der Waals surface area contributed by atoms with Crippen molar-refractivity contribution in [2.75, 3.05) is 20.8 Å². The summed E-state index contributed by atoms with van der Waals surface area (Å²) in [6, 6.07) is 15.6. The fourth-order valence-corrected chi connectivity index (χ4v) is 2.75. The first-order valence-corrected chi connectivity index (χ1v) is 9.72. The predicted molar refractivity (Wildman–Crippen MR) is 113 cm³/mol. The molecule has 1 amide bonds. The third kappa shape index (κ3) is 6.57. The van der Waals surface area contributed by atoms with Crippen LogP contribution in [0.4, 0.5) is 0 Å². The zero-order chi connectivity index (χ0) is 20.5. The lowest BCUT2D eigenvalue weighted by atomic mass is 10.1. The van der Waals surface area contributed by atoms with Crippen molar-refractivity contribution in [2.24, 2.45) is 5.92 Å². The molecule has 0 aliphatic carbocycles. The molecule has 1 atom stereocenters. The SMILES string of the molecule is COc1ccc(CN(C)C(C)C(=O)NCc2ccccc2)cc1OCC(C)C. The van der Waals surface area contributed by atoms with Gasteiger partial charge in [0.05, 0.1) is 19.8 Å². The van der Waals surface area contributed by atoms with E-state index in [9.17, 15) is 4.79 Å². The van der Waals surface area contributed by atoms with Gasteiger partial charge in [-0.05, 0) is 43.1 Å². The van der Waals surface area contributed by atoms with E-state index in [-0.39, 0.29) is 11.9 Å². The fourth-order valence-electron chi connectivity index (χ4n) is 2.75. The van der Waals surface area contributed by atoms with E-state index in [4.69, 9.17) is 9.47 Å². The van der Waals surface area contributed by atoms with Crippen molar-refractivity contribution in [3.8, 4) is 11.5 Å². The topological polar surface area (TPSA) is 50.8 Å². The maximum absolute atomic E-state index is 12.5. The van der Waals surface area contributed by atoms with Gasteiger partial charge in [0.15, 0.2) is 11.5 Å². The molecule has 0 spiro atoms. The number of carbonyl (C=O) groups excluding carboxylic acids is 1. The molecule has 152 valence electrons. The number of nitrogens with one attached hydrogen (secondary N) is 1. The molecule has 1 N–H and O–H groups in total. The fraction of sp³-hybridized carbons (Fsp3) is 0.435. The van der Waals surface area contributed by atoms with Gasteiger partial charge in [-0.25, -0.2) is 0 Å². The third-order valence-corrected chi connectivity index (χ3v) is 4.58. The van der Waals surface area contributed by atoms with Crippen molar-refractivity contribution in [1.82, 2.24) is 10.2 Å². The van der Waals surface area contributed by atoms with E-state index in [0.717, 1.165) is 22.6 Å². The summed E-state index contributed by atoms with van der Waals surface area (Å²) in [7, 11) is 3.59. The summed E-state index contributed by atoms with van der Waals surface area (Å²) < 4.78 is 11.3. The Morgan fingerprint density at radius 2 is 1.75 bits per heavy atom. The monoisotopic (exact) mass is 384 g/mol. The maximum atomic E-state index is 12.5. The molecule has 2 rings (SSSR count). The van der Waals surface area contributed by atoms with Crippen molar-refractivity contribution in [3.05, 3.63) is 59.7 Å². The second-order valence-corrected chi connectivity index (χ2v) is 7.48. The number of ether oxygens (including phenoxy) is 2. The minimum Gasteiger partial charge on any atom is -0.493 e. The maximum Gasteiger partial charge on any atom is 0.237 e. The second-order valence-electron chi connectivity index (χ2n) is 7.48. The molecule has 0 bridgehead atoms. The molecule has 0 aliphatic rings. The van der Waals surface area contributed by atoms with Gasteiger partial charge in [-0.15, -0.1) is 0 Å². The summed E-state index contributed by atoms with van der Waals surface area (Å²) in [5, 5.41) is 3.00. The molecule has 28 heavy (non-hydrogen) atoms. The van der Waals surface area contributed by atoms with Gasteiger partial charge in [0.25, 0.3) is 0 Å². The van der Waals surface area contributed by atoms with Crippen LogP contribution in [0.15, 0.2) is 48.5 Å². The minimum absolute atomic E-state index is 0.0103. The van der Waals surface area contributed by atoms with Crippen LogP contribution >= 0.6 is 0 Å². The smallest absolute Gasteiger partial charge is 0.237 e. The van der Waals surface area contributed by atoms with Gasteiger partial charge in [0.2, 0.25) is 5.91 Å². The van der Waals surface area contributed by atoms with Crippen molar-refractivity contribution >= 4 is 5.91 Å². The lowest BCUT2D eigenvalue weighted by Crippen LogP contribution is -2.42. The van der Waals surface area contributed by atoms with Gasteiger partial charge < -0.3 is 14.8 Å². The van der Waals surface area contributed by atoms with Gasteiger partial charge in [-0.2, -0.15) is 0 Å². The number of methoxy groups -OCH3 is 1. The molecule has 0 fully saturated rings. The minimum atomic E-state index is -0.245. The van der Waals surface area contributed by atoms with Crippen LogP contribution in [0.25, 0.3) is 0 Å². The van der Waals surface area contributed by atoms with Crippen molar-refractivity contribution in [2.45, 2.75) is 39.9 Å². The summed E-state index contributed by atoms with van der Waals surface area (Å²) in [5.74, 6) is 1.91. The molecule has 2 aromatic carbocycles. The van der Waals surface area contributed by atoms with E-state index in [1.54, 1.807) is 7.11 Å². The number of nitrogens with zero attached hydrogens (tertiary/aromatic N) is 1. The van der Waals surface area contributed by atoms with Crippen LogP contribution in [0, 0.1) is 5.92 Å². The summed E-state index contributed by atoms with van der Waals surface area (Å²) in [6.45, 7) is 7.95. The molecular formula is C23H32N2O3. The van der Waals surface area contributed by atoms with E-state index in [0.29, 0.717) is 25.6 Å². The summed E-state index contributed by atoms with van der Waals surface area (Å²) in [5.41, 5.74) is 2.16. The number of hydrogen-bond donors (Lipinski definition) is 1. The van der Waals surface area contributed by atoms with E-state index in [1.165, 1.54) is 0 Å².